The molecule has 0 fully saturated rings. The van der Waals surface area contributed by atoms with E-state index in [1.54, 1.807) is 0 Å². The first kappa shape index (κ1) is 11.4. The van der Waals surface area contributed by atoms with E-state index in [2.05, 4.69) is 68.6 Å². The lowest BCUT2D eigenvalue weighted by molar-refractivity contribution is 0.937. The van der Waals surface area contributed by atoms with E-state index in [1.165, 1.54) is 3.57 Å². The summed E-state index contributed by atoms with van der Waals surface area (Å²) in [7, 11) is 0. The van der Waals surface area contributed by atoms with Crippen LogP contribution in [0.1, 0.15) is 13.3 Å². The summed E-state index contributed by atoms with van der Waals surface area (Å²) in [6.45, 7) is 3.09. The SMILES string of the molecule is CCCNc1nccn1-c1ccc(I)cc1. The second-order valence-corrected chi connectivity index (χ2v) is 4.77. The molecule has 0 aliphatic carbocycles. The Morgan fingerprint density at radius 3 is 2.75 bits per heavy atom. The summed E-state index contributed by atoms with van der Waals surface area (Å²) in [6, 6.07) is 8.39. The summed E-state index contributed by atoms with van der Waals surface area (Å²) in [5.74, 6) is 0.906. The average molecular weight is 327 g/mol. The normalized spacial score (nSPS) is 10.4. The van der Waals surface area contributed by atoms with Crippen molar-refractivity contribution in [1.29, 1.82) is 0 Å². The van der Waals surface area contributed by atoms with Crippen LogP contribution in [0.3, 0.4) is 0 Å². The highest BCUT2D eigenvalue weighted by Gasteiger charge is 2.03. The number of rotatable bonds is 4. The minimum atomic E-state index is 0.906. The van der Waals surface area contributed by atoms with Crippen LogP contribution < -0.4 is 5.32 Å². The van der Waals surface area contributed by atoms with Gasteiger partial charge < -0.3 is 5.32 Å². The van der Waals surface area contributed by atoms with Crippen LogP contribution in [0.25, 0.3) is 5.69 Å². The van der Waals surface area contributed by atoms with Gasteiger partial charge in [0.1, 0.15) is 0 Å². The topological polar surface area (TPSA) is 29.9 Å². The van der Waals surface area contributed by atoms with Crippen LogP contribution in [0.5, 0.6) is 0 Å². The van der Waals surface area contributed by atoms with Crippen molar-refractivity contribution in [3.8, 4) is 5.69 Å². The van der Waals surface area contributed by atoms with Gasteiger partial charge in [0.25, 0.3) is 0 Å². The molecule has 2 aromatic rings. The van der Waals surface area contributed by atoms with Gasteiger partial charge in [0, 0.05) is 28.2 Å². The molecule has 1 aromatic heterocycles. The number of nitrogens with one attached hydrogen (secondary N) is 1. The van der Waals surface area contributed by atoms with Crippen molar-refractivity contribution >= 4 is 28.5 Å². The first-order valence-electron chi connectivity index (χ1n) is 5.34. The van der Waals surface area contributed by atoms with E-state index < -0.39 is 0 Å². The molecule has 0 spiro atoms. The molecule has 1 heterocycles. The maximum atomic E-state index is 4.30. The zero-order valence-corrected chi connectivity index (χ0v) is 11.3. The molecular formula is C12H14IN3. The van der Waals surface area contributed by atoms with E-state index in [0.29, 0.717) is 0 Å². The fourth-order valence-corrected chi connectivity index (χ4v) is 1.84. The molecule has 4 heteroatoms. The highest BCUT2D eigenvalue weighted by Crippen LogP contribution is 2.15. The third kappa shape index (κ3) is 2.55. The third-order valence-electron chi connectivity index (χ3n) is 2.28. The van der Waals surface area contributed by atoms with Crippen LogP contribution in [-0.2, 0) is 0 Å². The van der Waals surface area contributed by atoms with Gasteiger partial charge in [-0.05, 0) is 53.3 Å². The summed E-state index contributed by atoms with van der Waals surface area (Å²) in [4.78, 5) is 4.30. The third-order valence-corrected chi connectivity index (χ3v) is 3.00. The maximum Gasteiger partial charge on any atom is 0.207 e. The Balaban J connectivity index is 2.26. The molecule has 0 saturated heterocycles. The molecule has 0 atom stereocenters. The molecule has 16 heavy (non-hydrogen) atoms. The van der Waals surface area contributed by atoms with Crippen molar-refractivity contribution in [2.75, 3.05) is 11.9 Å². The van der Waals surface area contributed by atoms with E-state index in [9.17, 15) is 0 Å². The average Bonchev–Trinajstić information content (AvgIpc) is 2.75. The van der Waals surface area contributed by atoms with Gasteiger partial charge >= 0.3 is 0 Å². The zero-order chi connectivity index (χ0) is 11.4. The van der Waals surface area contributed by atoms with E-state index in [0.717, 1.165) is 24.6 Å². The van der Waals surface area contributed by atoms with Crippen molar-refractivity contribution < 1.29 is 0 Å². The molecule has 0 aliphatic heterocycles. The summed E-state index contributed by atoms with van der Waals surface area (Å²) in [5.41, 5.74) is 1.14. The molecule has 1 N–H and O–H groups in total. The molecule has 0 radical (unpaired) electrons. The minimum Gasteiger partial charge on any atom is -0.355 e. The predicted octanol–water partition coefficient (Wildman–Crippen LogP) is 3.30. The number of aromatic nitrogens is 2. The summed E-state index contributed by atoms with van der Waals surface area (Å²) >= 11 is 2.31. The Morgan fingerprint density at radius 2 is 2.06 bits per heavy atom. The maximum absolute atomic E-state index is 4.30. The first-order valence-corrected chi connectivity index (χ1v) is 6.42. The van der Waals surface area contributed by atoms with E-state index in [-0.39, 0.29) is 0 Å². The van der Waals surface area contributed by atoms with Crippen molar-refractivity contribution in [2.45, 2.75) is 13.3 Å². The smallest absolute Gasteiger partial charge is 0.207 e. The summed E-state index contributed by atoms with van der Waals surface area (Å²) in [6.07, 6.45) is 4.88. The van der Waals surface area contributed by atoms with Crippen molar-refractivity contribution in [3.63, 3.8) is 0 Å². The summed E-state index contributed by atoms with van der Waals surface area (Å²) in [5, 5.41) is 3.31. The molecular weight excluding hydrogens is 313 g/mol. The number of hydrogen-bond donors (Lipinski definition) is 1. The molecule has 2 rings (SSSR count). The van der Waals surface area contributed by atoms with Crippen LogP contribution >= 0.6 is 22.6 Å². The zero-order valence-electron chi connectivity index (χ0n) is 9.15. The number of anilines is 1. The molecule has 1 aromatic carbocycles. The van der Waals surface area contributed by atoms with Crippen LogP contribution in [0, 0.1) is 3.57 Å². The Labute approximate surface area is 109 Å². The highest BCUT2D eigenvalue weighted by molar-refractivity contribution is 14.1. The van der Waals surface area contributed by atoms with Gasteiger partial charge in [0.05, 0.1) is 0 Å². The van der Waals surface area contributed by atoms with Gasteiger partial charge in [-0.3, -0.25) is 4.57 Å². The predicted molar refractivity (Wildman–Crippen MR) is 75.1 cm³/mol. The number of benzene rings is 1. The van der Waals surface area contributed by atoms with Gasteiger partial charge in [0.2, 0.25) is 5.95 Å². The van der Waals surface area contributed by atoms with Gasteiger partial charge in [-0.15, -0.1) is 0 Å². The Kier molecular flexibility index (Phi) is 3.82. The monoisotopic (exact) mass is 327 g/mol. The second kappa shape index (κ2) is 5.34. The van der Waals surface area contributed by atoms with Gasteiger partial charge in [-0.2, -0.15) is 0 Å². The molecule has 0 saturated carbocycles. The second-order valence-electron chi connectivity index (χ2n) is 3.52. The van der Waals surface area contributed by atoms with Crippen molar-refractivity contribution in [1.82, 2.24) is 9.55 Å². The minimum absolute atomic E-state index is 0.906. The highest BCUT2D eigenvalue weighted by atomic mass is 127. The van der Waals surface area contributed by atoms with Gasteiger partial charge in [-0.25, -0.2) is 4.98 Å². The van der Waals surface area contributed by atoms with Crippen LogP contribution in [-0.4, -0.2) is 16.1 Å². The molecule has 3 nitrogen and oxygen atoms in total. The quantitative estimate of drug-likeness (QED) is 0.874. The Morgan fingerprint density at radius 1 is 1.31 bits per heavy atom. The fraction of sp³-hybridized carbons (Fsp3) is 0.250. The summed E-state index contributed by atoms with van der Waals surface area (Å²) < 4.78 is 3.30. The lowest BCUT2D eigenvalue weighted by atomic mass is 10.3. The first-order chi connectivity index (χ1) is 7.81. The standard InChI is InChI=1S/C12H14IN3/c1-2-7-14-12-15-8-9-16(12)11-5-3-10(13)4-6-11/h3-6,8-9H,2,7H2,1H3,(H,14,15). The number of imidazole rings is 1. The van der Waals surface area contributed by atoms with Gasteiger partial charge in [-0.1, -0.05) is 6.92 Å². The van der Waals surface area contributed by atoms with Crippen molar-refractivity contribution in [3.05, 3.63) is 40.2 Å². The lowest BCUT2D eigenvalue weighted by Crippen LogP contribution is -2.06. The van der Waals surface area contributed by atoms with Gasteiger partial charge in [0.15, 0.2) is 0 Å². The molecule has 0 aliphatic rings. The Hall–Kier alpha value is -1.04. The number of nitrogens with zero attached hydrogens (tertiary/aromatic N) is 2. The fourth-order valence-electron chi connectivity index (χ4n) is 1.48. The van der Waals surface area contributed by atoms with Crippen molar-refractivity contribution in [2.24, 2.45) is 0 Å². The molecule has 0 unspecified atom stereocenters. The van der Waals surface area contributed by atoms with Crippen LogP contribution in [0.2, 0.25) is 0 Å². The molecule has 0 bridgehead atoms. The van der Waals surface area contributed by atoms with E-state index >= 15 is 0 Å². The van der Waals surface area contributed by atoms with E-state index in [1.807, 2.05) is 12.4 Å². The lowest BCUT2D eigenvalue weighted by Gasteiger charge is -2.08. The number of hydrogen-bond acceptors (Lipinski definition) is 2. The largest absolute Gasteiger partial charge is 0.355 e. The Bertz CT molecular complexity index is 448. The molecule has 0 amide bonds. The van der Waals surface area contributed by atoms with Crippen LogP contribution in [0.4, 0.5) is 5.95 Å². The molecule has 84 valence electrons. The number of halogens is 1. The van der Waals surface area contributed by atoms with Crippen LogP contribution in [0.15, 0.2) is 36.7 Å². The van der Waals surface area contributed by atoms with E-state index in [4.69, 9.17) is 0 Å².